The van der Waals surface area contributed by atoms with Gasteiger partial charge in [0.25, 0.3) is 0 Å². The average molecular weight is 267 g/mol. The molecule has 0 atom stereocenters. The summed E-state index contributed by atoms with van der Waals surface area (Å²) >= 11 is 0. The Hall–Kier alpha value is -1.78. The Balaban J connectivity index is 2.69. The molecule has 0 saturated carbocycles. The summed E-state index contributed by atoms with van der Waals surface area (Å²) in [4.78, 5) is 24.4. The molecule has 0 saturated heterocycles. The fourth-order valence-corrected chi connectivity index (χ4v) is 1.62. The van der Waals surface area contributed by atoms with Gasteiger partial charge in [-0.2, -0.15) is 0 Å². The number of hydrogen-bond acceptors (Lipinski definition) is 4. The first-order valence-electron chi connectivity index (χ1n) is 6.28. The third-order valence-electron chi connectivity index (χ3n) is 2.45. The van der Waals surface area contributed by atoms with Crippen molar-refractivity contribution in [3.05, 3.63) is 23.9 Å². The number of esters is 1. The second-order valence-electron chi connectivity index (χ2n) is 5.34. The van der Waals surface area contributed by atoms with Crippen molar-refractivity contribution in [1.82, 2.24) is 4.90 Å². The van der Waals surface area contributed by atoms with Crippen LogP contribution in [0.5, 0.6) is 0 Å². The molecule has 1 aliphatic heterocycles. The minimum Gasteiger partial charge on any atom is -0.466 e. The number of rotatable bonds is 2. The molecule has 1 amide bonds. The van der Waals surface area contributed by atoms with E-state index < -0.39 is 11.6 Å². The van der Waals surface area contributed by atoms with Crippen LogP contribution in [0.1, 0.15) is 33.6 Å². The molecule has 0 bridgehead atoms. The second-order valence-corrected chi connectivity index (χ2v) is 5.34. The maximum absolute atomic E-state index is 11.9. The number of hydrogen-bond donors (Lipinski definition) is 0. The van der Waals surface area contributed by atoms with Crippen LogP contribution in [0.25, 0.3) is 0 Å². The Bertz CT molecular complexity index is 404. The normalized spacial score (nSPS) is 16.2. The summed E-state index contributed by atoms with van der Waals surface area (Å²) in [7, 11) is 1.33. The van der Waals surface area contributed by atoms with Crippen LogP contribution in [-0.4, -0.2) is 36.2 Å². The number of amides is 1. The number of carbonyl (C=O) groups is 2. The molecule has 1 aliphatic rings. The van der Waals surface area contributed by atoms with Crippen molar-refractivity contribution in [3.63, 3.8) is 0 Å². The summed E-state index contributed by atoms with van der Waals surface area (Å²) in [6.07, 6.45) is 6.05. The summed E-state index contributed by atoms with van der Waals surface area (Å²) in [5.41, 5.74) is 0.396. The molecule has 0 aromatic carbocycles. The first kappa shape index (κ1) is 15.3. The Kier molecular flexibility index (Phi) is 5.15. The molecule has 0 unspecified atom stereocenters. The third-order valence-corrected chi connectivity index (χ3v) is 2.45. The lowest BCUT2D eigenvalue weighted by Gasteiger charge is -2.27. The predicted octanol–water partition coefficient (Wildman–Crippen LogP) is 2.63. The summed E-state index contributed by atoms with van der Waals surface area (Å²) in [6, 6.07) is 0. The van der Waals surface area contributed by atoms with Crippen LogP contribution in [0.15, 0.2) is 23.9 Å². The van der Waals surface area contributed by atoms with Crippen LogP contribution < -0.4 is 0 Å². The SMILES string of the molecule is COC(=O)/C=C/C1=CN(C(=O)OC(C)(C)C)CCC1. The largest absolute Gasteiger partial charge is 0.466 e. The lowest BCUT2D eigenvalue weighted by molar-refractivity contribution is -0.134. The van der Waals surface area contributed by atoms with E-state index in [1.807, 2.05) is 20.8 Å². The van der Waals surface area contributed by atoms with Crippen molar-refractivity contribution < 1.29 is 19.1 Å². The van der Waals surface area contributed by atoms with Crippen LogP contribution >= 0.6 is 0 Å². The number of allylic oxidation sites excluding steroid dienone is 2. The van der Waals surface area contributed by atoms with Gasteiger partial charge in [0.05, 0.1) is 7.11 Å². The molecule has 0 spiro atoms. The van der Waals surface area contributed by atoms with Gasteiger partial charge in [-0.15, -0.1) is 0 Å². The Morgan fingerprint density at radius 1 is 1.37 bits per heavy atom. The maximum Gasteiger partial charge on any atom is 0.414 e. The van der Waals surface area contributed by atoms with Crippen molar-refractivity contribution in [1.29, 1.82) is 0 Å². The molecule has 0 aliphatic carbocycles. The first-order chi connectivity index (χ1) is 8.81. The summed E-state index contributed by atoms with van der Waals surface area (Å²) in [5, 5.41) is 0. The van der Waals surface area contributed by atoms with Crippen molar-refractivity contribution in [2.45, 2.75) is 39.2 Å². The summed E-state index contributed by atoms with van der Waals surface area (Å²) in [6.45, 7) is 6.12. The summed E-state index contributed by atoms with van der Waals surface area (Å²) in [5.74, 6) is -0.407. The molecule has 0 fully saturated rings. The van der Waals surface area contributed by atoms with E-state index >= 15 is 0 Å². The Labute approximate surface area is 113 Å². The van der Waals surface area contributed by atoms with E-state index in [1.165, 1.54) is 18.1 Å². The zero-order valence-corrected chi connectivity index (χ0v) is 11.9. The molecular formula is C14H21NO4. The van der Waals surface area contributed by atoms with Gasteiger partial charge in [0.1, 0.15) is 5.60 Å². The van der Waals surface area contributed by atoms with Crippen LogP contribution in [-0.2, 0) is 14.3 Å². The van der Waals surface area contributed by atoms with E-state index in [0.29, 0.717) is 6.54 Å². The topological polar surface area (TPSA) is 55.8 Å². The molecule has 106 valence electrons. The minimum absolute atomic E-state index is 0.365. The molecule has 0 aromatic heterocycles. The van der Waals surface area contributed by atoms with Gasteiger partial charge in [0.2, 0.25) is 0 Å². The van der Waals surface area contributed by atoms with E-state index in [4.69, 9.17) is 4.74 Å². The van der Waals surface area contributed by atoms with Gasteiger partial charge in [-0.1, -0.05) is 6.08 Å². The molecule has 0 N–H and O–H groups in total. The van der Waals surface area contributed by atoms with E-state index in [9.17, 15) is 9.59 Å². The molecule has 5 nitrogen and oxygen atoms in total. The summed E-state index contributed by atoms with van der Waals surface area (Å²) < 4.78 is 9.82. The predicted molar refractivity (Wildman–Crippen MR) is 71.4 cm³/mol. The number of methoxy groups -OCH3 is 1. The fourth-order valence-electron chi connectivity index (χ4n) is 1.62. The van der Waals surface area contributed by atoms with Crippen molar-refractivity contribution in [2.75, 3.05) is 13.7 Å². The molecular weight excluding hydrogens is 246 g/mol. The Morgan fingerprint density at radius 3 is 2.63 bits per heavy atom. The number of ether oxygens (including phenoxy) is 2. The third kappa shape index (κ3) is 5.59. The van der Waals surface area contributed by atoms with Gasteiger partial charge in [-0.05, 0) is 39.2 Å². The maximum atomic E-state index is 11.9. The van der Waals surface area contributed by atoms with Gasteiger partial charge in [0.15, 0.2) is 0 Å². The van der Waals surface area contributed by atoms with Crippen molar-refractivity contribution >= 4 is 12.1 Å². The van der Waals surface area contributed by atoms with E-state index in [1.54, 1.807) is 12.3 Å². The highest BCUT2D eigenvalue weighted by atomic mass is 16.6. The van der Waals surface area contributed by atoms with Crippen molar-refractivity contribution in [3.8, 4) is 0 Å². The van der Waals surface area contributed by atoms with E-state index in [2.05, 4.69) is 4.74 Å². The lowest BCUT2D eigenvalue weighted by atomic mass is 10.1. The molecule has 1 rings (SSSR count). The zero-order chi connectivity index (χ0) is 14.5. The van der Waals surface area contributed by atoms with E-state index in [-0.39, 0.29) is 6.09 Å². The van der Waals surface area contributed by atoms with Gasteiger partial charge in [-0.3, -0.25) is 4.90 Å². The monoisotopic (exact) mass is 267 g/mol. The average Bonchev–Trinajstić information content (AvgIpc) is 2.34. The van der Waals surface area contributed by atoms with Crippen LogP contribution in [0.2, 0.25) is 0 Å². The highest BCUT2D eigenvalue weighted by molar-refractivity contribution is 5.82. The van der Waals surface area contributed by atoms with Gasteiger partial charge < -0.3 is 9.47 Å². The second kappa shape index (κ2) is 6.41. The smallest absolute Gasteiger partial charge is 0.414 e. The highest BCUT2D eigenvalue weighted by Gasteiger charge is 2.22. The van der Waals surface area contributed by atoms with Crippen molar-refractivity contribution in [2.24, 2.45) is 0 Å². The number of carbonyl (C=O) groups excluding carboxylic acids is 2. The quantitative estimate of drug-likeness (QED) is 0.570. The van der Waals surface area contributed by atoms with Gasteiger partial charge >= 0.3 is 12.1 Å². The fraction of sp³-hybridized carbons (Fsp3) is 0.571. The molecule has 0 aromatic rings. The van der Waals surface area contributed by atoms with Crippen LogP contribution in [0.3, 0.4) is 0 Å². The molecule has 0 radical (unpaired) electrons. The standard InChI is InChI=1S/C14H21NO4/c1-14(2,3)19-13(17)15-9-5-6-11(10-15)7-8-12(16)18-4/h7-8,10H,5-6,9H2,1-4H3/b8-7+. The molecule has 1 heterocycles. The lowest BCUT2D eigenvalue weighted by Crippen LogP contribution is -2.35. The van der Waals surface area contributed by atoms with E-state index in [0.717, 1.165) is 18.4 Å². The first-order valence-corrected chi connectivity index (χ1v) is 6.28. The zero-order valence-electron chi connectivity index (χ0n) is 11.9. The molecule has 19 heavy (non-hydrogen) atoms. The van der Waals surface area contributed by atoms with Gasteiger partial charge in [-0.25, -0.2) is 9.59 Å². The highest BCUT2D eigenvalue weighted by Crippen LogP contribution is 2.18. The van der Waals surface area contributed by atoms with Gasteiger partial charge in [0, 0.05) is 18.8 Å². The minimum atomic E-state index is -0.510. The molecule has 5 heteroatoms. The Morgan fingerprint density at radius 2 is 2.05 bits per heavy atom. The van der Waals surface area contributed by atoms with Crippen LogP contribution in [0, 0.1) is 0 Å². The number of nitrogens with zero attached hydrogens (tertiary/aromatic N) is 1. The van der Waals surface area contributed by atoms with Crippen LogP contribution in [0.4, 0.5) is 4.79 Å².